The molecule has 0 saturated heterocycles. The van der Waals surface area contributed by atoms with E-state index in [-0.39, 0.29) is 21.7 Å². The maximum Gasteiger partial charge on any atom is 0.291 e. The molecule has 0 radical (unpaired) electrons. The van der Waals surface area contributed by atoms with Crippen LogP contribution in [0.2, 0.25) is 0 Å². The Balaban J connectivity index is 1.89. The molecule has 0 unspecified atom stereocenters. The average molecular weight is 460 g/mol. The normalized spacial score (nSPS) is 12.6. The number of nitrogens with zero attached hydrogens (tertiary/aromatic N) is 4. The predicted octanol–water partition coefficient (Wildman–Crippen LogP) is 4.65. The first kappa shape index (κ1) is 20.8. The summed E-state index contributed by atoms with van der Waals surface area (Å²) in [7, 11) is 0. The molecule has 1 aliphatic carbocycles. The van der Waals surface area contributed by atoms with Crippen molar-refractivity contribution in [3.8, 4) is 16.8 Å². The molecule has 5 rings (SSSR count). The van der Waals surface area contributed by atoms with Gasteiger partial charge in [-0.15, -0.1) is 12.6 Å². The second-order valence-corrected chi connectivity index (χ2v) is 8.16. The van der Waals surface area contributed by atoms with Crippen LogP contribution in [-0.4, -0.2) is 19.6 Å². The van der Waals surface area contributed by atoms with Crippen LogP contribution in [0, 0.1) is 20.2 Å². The Morgan fingerprint density at radius 1 is 0.909 bits per heavy atom. The van der Waals surface area contributed by atoms with Gasteiger partial charge in [-0.3, -0.25) is 25.0 Å². The highest BCUT2D eigenvalue weighted by Gasteiger charge is 2.32. The third kappa shape index (κ3) is 3.26. The summed E-state index contributed by atoms with van der Waals surface area (Å²) in [4.78, 5) is 35.6. The van der Waals surface area contributed by atoms with Gasteiger partial charge in [0, 0.05) is 17.5 Å². The lowest BCUT2D eigenvalue weighted by Gasteiger charge is -2.22. The van der Waals surface area contributed by atoms with E-state index < -0.39 is 15.4 Å². The SMILES string of the molecule is O=c1c2c(S)c([N+](=O)[O-])c(-c3ccccc3)c3c2c(nn1-c1ccc([N+](=O)[O-])cc1)CCC3. The predicted molar refractivity (Wildman–Crippen MR) is 125 cm³/mol. The standard InChI is InChI=1S/C23H16N4O5S/c28-23-20-19-16(18(13-5-2-1-3-6-13)21(22(20)33)27(31)32)7-4-8-17(19)24-25(23)14-9-11-15(12-10-14)26(29)30/h1-3,5-6,9-12,33H,4,7-8H2. The van der Waals surface area contributed by atoms with E-state index in [1.807, 2.05) is 18.2 Å². The van der Waals surface area contributed by atoms with E-state index in [0.717, 1.165) is 16.7 Å². The van der Waals surface area contributed by atoms with Crippen LogP contribution >= 0.6 is 12.6 Å². The molecule has 0 atom stereocenters. The molecule has 0 N–H and O–H groups in total. The van der Waals surface area contributed by atoms with E-state index in [1.54, 1.807) is 12.1 Å². The van der Waals surface area contributed by atoms with Crippen molar-refractivity contribution >= 4 is 34.8 Å². The number of non-ortho nitro benzene ring substituents is 1. The lowest BCUT2D eigenvalue weighted by Crippen LogP contribution is -2.26. The molecule has 33 heavy (non-hydrogen) atoms. The average Bonchev–Trinajstić information content (AvgIpc) is 2.82. The number of rotatable bonds is 4. The zero-order valence-corrected chi connectivity index (χ0v) is 18.0. The molecule has 164 valence electrons. The van der Waals surface area contributed by atoms with E-state index >= 15 is 0 Å². The van der Waals surface area contributed by atoms with Gasteiger partial charge in [0.1, 0.15) is 0 Å². The summed E-state index contributed by atoms with van der Waals surface area (Å²) in [5, 5.41) is 28.5. The summed E-state index contributed by atoms with van der Waals surface area (Å²) >= 11 is 4.48. The Labute approximate surface area is 192 Å². The summed E-state index contributed by atoms with van der Waals surface area (Å²) in [6.45, 7) is 0. The van der Waals surface area contributed by atoms with E-state index in [9.17, 15) is 25.0 Å². The molecule has 1 aromatic heterocycles. The Hall–Kier alpha value is -4.05. The molecule has 0 bridgehead atoms. The van der Waals surface area contributed by atoms with Gasteiger partial charge in [-0.2, -0.15) is 9.78 Å². The second-order valence-electron chi connectivity index (χ2n) is 7.71. The van der Waals surface area contributed by atoms with Crippen molar-refractivity contribution in [3.63, 3.8) is 0 Å². The van der Waals surface area contributed by atoms with Crippen molar-refractivity contribution in [1.82, 2.24) is 9.78 Å². The molecule has 0 saturated carbocycles. The molecule has 1 heterocycles. The maximum atomic E-state index is 13.5. The number of aryl methyl sites for hydroxylation is 2. The van der Waals surface area contributed by atoms with Gasteiger partial charge in [0.05, 0.1) is 37.1 Å². The van der Waals surface area contributed by atoms with Crippen molar-refractivity contribution in [2.24, 2.45) is 0 Å². The van der Waals surface area contributed by atoms with Crippen molar-refractivity contribution in [2.45, 2.75) is 24.2 Å². The third-order valence-electron chi connectivity index (χ3n) is 5.86. The summed E-state index contributed by atoms with van der Waals surface area (Å²) in [5.74, 6) is 0. The van der Waals surface area contributed by atoms with Crippen LogP contribution in [0.5, 0.6) is 0 Å². The second kappa shape index (κ2) is 7.82. The first-order valence-electron chi connectivity index (χ1n) is 10.2. The topological polar surface area (TPSA) is 121 Å². The van der Waals surface area contributed by atoms with E-state index in [4.69, 9.17) is 0 Å². The van der Waals surface area contributed by atoms with Gasteiger partial charge < -0.3 is 0 Å². The number of nitro benzene ring substituents is 2. The Morgan fingerprint density at radius 2 is 1.61 bits per heavy atom. The fourth-order valence-electron chi connectivity index (χ4n) is 4.46. The first-order chi connectivity index (χ1) is 15.9. The van der Waals surface area contributed by atoms with Crippen LogP contribution in [0.3, 0.4) is 0 Å². The van der Waals surface area contributed by atoms with Gasteiger partial charge in [0.2, 0.25) is 0 Å². The van der Waals surface area contributed by atoms with Crippen LogP contribution in [0.1, 0.15) is 17.7 Å². The molecule has 3 aromatic carbocycles. The molecule has 4 aromatic rings. The van der Waals surface area contributed by atoms with E-state index in [0.29, 0.717) is 40.7 Å². The molecule has 0 amide bonds. The number of hydrogen-bond donors (Lipinski definition) is 1. The summed E-state index contributed by atoms with van der Waals surface area (Å²) in [6.07, 6.45) is 1.89. The fraction of sp³-hybridized carbons (Fsp3) is 0.130. The number of thiol groups is 1. The Morgan fingerprint density at radius 3 is 2.24 bits per heavy atom. The Bertz CT molecular complexity index is 1510. The minimum Gasteiger partial charge on any atom is -0.267 e. The van der Waals surface area contributed by atoms with Gasteiger partial charge in [-0.1, -0.05) is 30.3 Å². The first-order valence-corrected chi connectivity index (χ1v) is 10.6. The van der Waals surface area contributed by atoms with Gasteiger partial charge in [-0.25, -0.2) is 0 Å². The van der Waals surface area contributed by atoms with Crippen LogP contribution in [0.4, 0.5) is 11.4 Å². The van der Waals surface area contributed by atoms with Crippen molar-refractivity contribution in [1.29, 1.82) is 0 Å². The Kier molecular flexibility index (Phi) is 4.94. The molecular weight excluding hydrogens is 444 g/mol. The summed E-state index contributed by atoms with van der Waals surface area (Å²) < 4.78 is 1.14. The molecule has 0 fully saturated rings. The highest BCUT2D eigenvalue weighted by atomic mass is 32.1. The molecule has 1 aliphatic rings. The van der Waals surface area contributed by atoms with Crippen LogP contribution < -0.4 is 5.56 Å². The smallest absolute Gasteiger partial charge is 0.267 e. The lowest BCUT2D eigenvalue weighted by molar-refractivity contribution is -0.386. The lowest BCUT2D eigenvalue weighted by atomic mass is 9.85. The van der Waals surface area contributed by atoms with Crippen LogP contribution in [0.15, 0.2) is 64.3 Å². The molecular formula is C23H16N4O5S. The van der Waals surface area contributed by atoms with Gasteiger partial charge >= 0.3 is 0 Å². The largest absolute Gasteiger partial charge is 0.291 e. The maximum absolute atomic E-state index is 13.5. The molecule has 0 aliphatic heterocycles. The van der Waals surface area contributed by atoms with Crippen molar-refractivity contribution in [2.75, 3.05) is 0 Å². The monoisotopic (exact) mass is 460 g/mol. The van der Waals surface area contributed by atoms with E-state index in [2.05, 4.69) is 17.7 Å². The number of benzene rings is 3. The molecule has 0 spiro atoms. The molecule has 9 nitrogen and oxygen atoms in total. The van der Waals surface area contributed by atoms with Gasteiger partial charge in [0.15, 0.2) is 0 Å². The minimum atomic E-state index is -0.557. The quantitative estimate of drug-likeness (QED) is 0.269. The zero-order valence-electron chi connectivity index (χ0n) is 17.1. The molecule has 10 heteroatoms. The van der Waals surface area contributed by atoms with E-state index in [1.165, 1.54) is 24.3 Å². The fourth-order valence-corrected chi connectivity index (χ4v) is 4.87. The summed E-state index contributed by atoms with van der Waals surface area (Å²) in [5.41, 5.74) is 1.97. The number of nitro groups is 2. The van der Waals surface area contributed by atoms with Crippen LogP contribution in [-0.2, 0) is 12.8 Å². The highest BCUT2D eigenvalue weighted by Crippen LogP contribution is 2.45. The third-order valence-corrected chi connectivity index (χ3v) is 6.29. The zero-order chi connectivity index (χ0) is 23.3. The highest BCUT2D eigenvalue weighted by molar-refractivity contribution is 7.80. The van der Waals surface area contributed by atoms with Crippen LogP contribution in [0.25, 0.3) is 27.6 Å². The number of hydrogen-bond acceptors (Lipinski definition) is 7. The van der Waals surface area contributed by atoms with Crippen molar-refractivity contribution in [3.05, 3.63) is 96.4 Å². The number of aromatic nitrogens is 2. The van der Waals surface area contributed by atoms with Gasteiger partial charge in [0.25, 0.3) is 16.9 Å². The minimum absolute atomic E-state index is 0.0104. The summed E-state index contributed by atoms with van der Waals surface area (Å²) in [6, 6.07) is 14.5. The van der Waals surface area contributed by atoms with Gasteiger partial charge in [-0.05, 0) is 42.5 Å². The van der Waals surface area contributed by atoms with Crippen molar-refractivity contribution < 1.29 is 9.85 Å².